The number of aliphatic hydroxyl groups excluding tert-OH is 15. The van der Waals surface area contributed by atoms with Crippen molar-refractivity contribution in [2.45, 2.75) is 272 Å². The summed E-state index contributed by atoms with van der Waals surface area (Å²) >= 11 is 0. The first-order chi connectivity index (χ1) is 40.3. The Bertz CT molecular complexity index is 2400. The molecular formula is C59H96O27. The van der Waals surface area contributed by atoms with Gasteiger partial charge in [0.05, 0.1) is 49.7 Å². The number of allylic oxidation sites excluding steroid dienone is 1. The van der Waals surface area contributed by atoms with E-state index < -0.39 is 214 Å². The number of rotatable bonds is 13. The summed E-state index contributed by atoms with van der Waals surface area (Å²) in [6, 6.07) is 0. The Hall–Kier alpha value is -1.79. The molecule has 27 nitrogen and oxygen atoms in total. The second-order valence-corrected chi connectivity index (χ2v) is 28.3. The van der Waals surface area contributed by atoms with E-state index in [4.69, 9.17) is 47.4 Å². The molecule has 10 aliphatic rings. The first-order valence-electron chi connectivity index (χ1n) is 30.8. The van der Waals surface area contributed by atoms with E-state index in [-0.39, 0.29) is 28.6 Å². The van der Waals surface area contributed by atoms with E-state index in [1.807, 2.05) is 6.92 Å². The SMILES string of the molecule is C[C@@H]1O[C@@H](O[C@H]2[C@H](O[C@H]3CC[C@@]4(C)C(CC[C@]5(C)C4CC=C4[C@H]6[C@](C(=O)O[C@@H]7O[C@H](CO)[C@@H](O)[C@H](O)[C@H]7O)(CC[C@@H](C)[C@@]6(C)O)CC[C@]45C)C3(C)C)OC[C@H](O)[C@@H]2O[C@@H]2O[C@H](CO)[C@@H](O)[C@H](O)[C@H]2O[C@@H]2O[C@H](CO)[C@@H](O)[C@H](O)[C@H]2O)[C@H](O)[C@H](O)[C@H]1O. The topological polar surface area (TPSA) is 433 Å². The zero-order valence-corrected chi connectivity index (χ0v) is 50.2. The van der Waals surface area contributed by atoms with Crippen LogP contribution < -0.4 is 0 Å². The van der Waals surface area contributed by atoms with E-state index in [0.29, 0.717) is 44.9 Å². The maximum atomic E-state index is 14.9. The van der Waals surface area contributed by atoms with Crippen LogP contribution >= 0.6 is 0 Å². The third kappa shape index (κ3) is 10.8. The summed E-state index contributed by atoms with van der Waals surface area (Å²) in [5, 5.41) is 174. The Morgan fingerprint density at radius 2 is 1.07 bits per heavy atom. The van der Waals surface area contributed by atoms with Crippen molar-refractivity contribution in [3.63, 3.8) is 0 Å². The quantitative estimate of drug-likeness (QED) is 0.0482. The Labute approximate surface area is 499 Å². The summed E-state index contributed by atoms with van der Waals surface area (Å²) in [4.78, 5) is 14.9. The Morgan fingerprint density at radius 1 is 0.535 bits per heavy atom. The average molecular weight is 1240 g/mol. The van der Waals surface area contributed by atoms with Crippen molar-refractivity contribution in [1.82, 2.24) is 0 Å². The van der Waals surface area contributed by atoms with Crippen molar-refractivity contribution in [1.29, 1.82) is 0 Å². The maximum Gasteiger partial charge on any atom is 0.315 e. The van der Waals surface area contributed by atoms with Gasteiger partial charge in [-0.3, -0.25) is 4.79 Å². The molecule has 16 N–H and O–H groups in total. The van der Waals surface area contributed by atoms with Crippen molar-refractivity contribution in [2.75, 3.05) is 26.4 Å². The number of fused-ring (bicyclic) bond motifs is 7. The molecule has 5 saturated heterocycles. The highest BCUT2D eigenvalue weighted by Crippen LogP contribution is 2.76. The van der Waals surface area contributed by atoms with Crippen LogP contribution in [0.15, 0.2) is 11.6 Å². The summed E-state index contributed by atoms with van der Waals surface area (Å²) in [5.41, 5.74) is -3.53. The predicted octanol–water partition coefficient (Wildman–Crippen LogP) is -3.57. The molecule has 0 aromatic carbocycles. The van der Waals surface area contributed by atoms with Crippen molar-refractivity contribution >= 4 is 5.97 Å². The predicted molar refractivity (Wildman–Crippen MR) is 289 cm³/mol. The van der Waals surface area contributed by atoms with Crippen molar-refractivity contribution in [2.24, 2.45) is 50.7 Å². The van der Waals surface area contributed by atoms with Gasteiger partial charge >= 0.3 is 5.97 Å². The lowest BCUT2D eigenvalue weighted by atomic mass is 9.33. The van der Waals surface area contributed by atoms with Crippen LogP contribution in [0.3, 0.4) is 0 Å². The van der Waals surface area contributed by atoms with E-state index in [1.54, 1.807) is 6.92 Å². The van der Waals surface area contributed by atoms with Crippen LogP contribution in [-0.2, 0) is 52.2 Å². The van der Waals surface area contributed by atoms with Crippen LogP contribution in [-0.4, -0.2) is 273 Å². The van der Waals surface area contributed by atoms with E-state index in [2.05, 4.69) is 40.7 Å². The largest absolute Gasteiger partial charge is 0.432 e. The van der Waals surface area contributed by atoms with E-state index in [9.17, 15) is 86.5 Å². The Balaban J connectivity index is 0.927. The van der Waals surface area contributed by atoms with Crippen molar-refractivity contribution < 1.29 is 134 Å². The standard InChI is InChI=1S/C59H96O27/c1-23-11-16-59(53(75)86-50-43(74)39(70)35(66)28(20-61)80-50)18-17-56(6)25(47(59)58(23,8)76)9-10-31-55(5)14-13-32(54(3,4)30(55)12-15-57(31,56)7)82-51-46(85-48-41(72)37(68)33(64)24(2)78-48)44(26(63)22-77-51)83-52-45(40(71)36(67)29(21-62)81-52)84-49-42(73)38(69)34(65)27(19-60)79-49/h9,23-24,26-52,60-74,76H,10-22H2,1-8H3/t23-,24+,26+,27-,28-,29-,30?,31?,32+,33+,34-,35-,36-,37-,38+,39+,40+,41-,42-,43-,44+,45-,46-,47-,48+,49+,50+,51+,52+,55+,56-,57-,58-,59+/m1/s1. The number of carbonyl (C=O) groups excluding carboxylic acids is 1. The summed E-state index contributed by atoms with van der Waals surface area (Å²) in [5.74, 6) is -1.54. The molecule has 5 heterocycles. The van der Waals surface area contributed by atoms with Crippen LogP contribution in [0, 0.1) is 50.7 Å². The van der Waals surface area contributed by atoms with Gasteiger partial charge in [-0.05, 0) is 111 Å². The van der Waals surface area contributed by atoms with Gasteiger partial charge in [0, 0.05) is 5.92 Å². The van der Waals surface area contributed by atoms with Crippen LogP contribution in [0.5, 0.6) is 0 Å². The molecule has 34 atom stereocenters. The number of hydrogen-bond acceptors (Lipinski definition) is 27. The fourth-order valence-electron chi connectivity index (χ4n) is 17.9. The minimum Gasteiger partial charge on any atom is -0.432 e. The number of hydrogen-bond donors (Lipinski definition) is 16. The summed E-state index contributed by atoms with van der Waals surface area (Å²) < 4.78 is 61.3. The monoisotopic (exact) mass is 1240 g/mol. The van der Waals surface area contributed by atoms with Gasteiger partial charge < -0.3 is 129 Å². The normalized spacial score (nSPS) is 55.6. The van der Waals surface area contributed by atoms with Gasteiger partial charge in [-0.25, -0.2) is 0 Å². The van der Waals surface area contributed by atoms with Gasteiger partial charge in [-0.1, -0.05) is 53.2 Å². The molecule has 494 valence electrons. The van der Waals surface area contributed by atoms with Gasteiger partial charge in [0.1, 0.15) is 110 Å². The lowest BCUT2D eigenvalue weighted by Crippen LogP contribution is -2.68. The zero-order valence-electron chi connectivity index (χ0n) is 50.2. The molecule has 5 aliphatic heterocycles. The van der Waals surface area contributed by atoms with Crippen LogP contribution in [0.2, 0.25) is 0 Å². The van der Waals surface area contributed by atoms with Crippen molar-refractivity contribution in [3.05, 3.63) is 11.6 Å². The molecule has 5 aliphatic carbocycles. The molecule has 27 heteroatoms. The van der Waals surface area contributed by atoms with Gasteiger partial charge in [0.25, 0.3) is 0 Å². The maximum absolute atomic E-state index is 14.9. The summed E-state index contributed by atoms with van der Waals surface area (Å²) in [6.45, 7) is 13.5. The molecule has 10 rings (SSSR count). The second-order valence-electron chi connectivity index (χ2n) is 28.3. The molecular weight excluding hydrogens is 1140 g/mol. The number of ether oxygens (including phenoxy) is 10. The average Bonchev–Trinajstić information content (AvgIpc) is 0.700. The number of esters is 1. The van der Waals surface area contributed by atoms with Gasteiger partial charge in [-0.15, -0.1) is 0 Å². The minimum absolute atomic E-state index is 0.000237. The number of carbonyl (C=O) groups is 1. The Kier molecular flexibility index (Phi) is 19.2. The first kappa shape index (κ1) is 67.1. The van der Waals surface area contributed by atoms with Gasteiger partial charge in [0.15, 0.2) is 25.2 Å². The molecule has 4 saturated carbocycles. The molecule has 2 unspecified atom stereocenters. The molecule has 0 spiro atoms. The fourth-order valence-corrected chi connectivity index (χ4v) is 17.9. The lowest BCUT2D eigenvalue weighted by molar-refractivity contribution is -0.401. The molecule has 0 radical (unpaired) electrons. The third-order valence-electron chi connectivity index (χ3n) is 23.5. The van der Waals surface area contributed by atoms with Gasteiger partial charge in [0.2, 0.25) is 6.29 Å². The Morgan fingerprint density at radius 3 is 1.69 bits per heavy atom. The highest BCUT2D eigenvalue weighted by atomic mass is 16.8. The van der Waals surface area contributed by atoms with E-state index in [1.165, 1.54) is 6.92 Å². The molecule has 0 aromatic heterocycles. The van der Waals surface area contributed by atoms with Crippen molar-refractivity contribution in [3.8, 4) is 0 Å². The van der Waals surface area contributed by atoms with Crippen LogP contribution in [0.1, 0.15) is 113 Å². The van der Waals surface area contributed by atoms with Crippen LogP contribution in [0.4, 0.5) is 0 Å². The molecule has 0 amide bonds. The molecule has 9 fully saturated rings. The molecule has 0 aromatic rings. The number of aliphatic hydroxyl groups is 16. The zero-order chi connectivity index (χ0) is 62.9. The molecule has 86 heavy (non-hydrogen) atoms. The lowest BCUT2D eigenvalue weighted by Gasteiger charge is -2.72. The first-order valence-corrected chi connectivity index (χ1v) is 30.8. The smallest absolute Gasteiger partial charge is 0.315 e. The summed E-state index contributed by atoms with van der Waals surface area (Å²) in [7, 11) is 0. The minimum atomic E-state index is -1.99. The highest BCUT2D eigenvalue weighted by Gasteiger charge is 2.72. The summed E-state index contributed by atoms with van der Waals surface area (Å²) in [6.07, 6.45) is -34.1. The third-order valence-corrected chi connectivity index (χ3v) is 23.5. The van der Waals surface area contributed by atoms with Gasteiger partial charge in [-0.2, -0.15) is 0 Å². The van der Waals surface area contributed by atoms with E-state index in [0.717, 1.165) is 18.4 Å². The second kappa shape index (κ2) is 24.6. The molecule has 0 bridgehead atoms. The fraction of sp³-hybridized carbons (Fsp3) is 0.949. The highest BCUT2D eigenvalue weighted by molar-refractivity contribution is 5.79. The van der Waals surface area contributed by atoms with E-state index >= 15 is 0 Å². The van der Waals surface area contributed by atoms with Crippen LogP contribution in [0.25, 0.3) is 0 Å².